The molecule has 0 heterocycles. The smallest absolute Gasteiger partial charge is 0.122 e. The normalized spacial score (nSPS) is 18.6. The van der Waals surface area contributed by atoms with E-state index in [-0.39, 0.29) is 0 Å². The lowest BCUT2D eigenvalue weighted by Crippen LogP contribution is -2.42. The molecule has 0 radical (unpaired) electrons. The van der Waals surface area contributed by atoms with Crippen LogP contribution in [0.15, 0.2) is 18.2 Å². The van der Waals surface area contributed by atoms with Crippen molar-refractivity contribution >= 4 is 0 Å². The van der Waals surface area contributed by atoms with Crippen molar-refractivity contribution in [1.29, 1.82) is 0 Å². The van der Waals surface area contributed by atoms with E-state index < -0.39 is 0 Å². The first kappa shape index (κ1) is 15.3. The lowest BCUT2D eigenvalue weighted by Gasteiger charge is -2.26. The van der Waals surface area contributed by atoms with E-state index in [1.165, 1.54) is 49.7 Å². The van der Waals surface area contributed by atoms with Crippen LogP contribution in [0.3, 0.4) is 0 Å². The maximum absolute atomic E-state index is 5.84. The summed E-state index contributed by atoms with van der Waals surface area (Å²) in [6, 6.07) is 6.73. The van der Waals surface area contributed by atoms with E-state index in [2.05, 4.69) is 30.5 Å². The van der Waals surface area contributed by atoms with Gasteiger partial charge >= 0.3 is 0 Å². The quantitative estimate of drug-likeness (QED) is 0.492. The van der Waals surface area contributed by atoms with E-state index in [9.17, 15) is 0 Å². The largest absolute Gasteiger partial charge is 0.496 e. The zero-order chi connectivity index (χ0) is 14.4. The number of methoxy groups -OCH3 is 1. The van der Waals surface area contributed by atoms with Gasteiger partial charge in [0, 0.05) is 6.04 Å². The topological polar surface area (TPSA) is 47.3 Å². The van der Waals surface area contributed by atoms with Crippen LogP contribution in [0.2, 0.25) is 0 Å². The molecule has 3 N–H and O–H groups in total. The molecule has 3 nitrogen and oxygen atoms in total. The molecule has 1 aromatic rings. The second kappa shape index (κ2) is 7.65. The van der Waals surface area contributed by atoms with Gasteiger partial charge in [-0.15, -0.1) is 0 Å². The molecule has 0 aromatic heterocycles. The monoisotopic (exact) mass is 276 g/mol. The number of hydrazine groups is 1. The standard InChI is InChI=1S/C17H28N2O/c1-13-9-10-17(20-2)15(11-13)12-16(19-18)14-7-5-3-4-6-8-14/h9-11,14,16,19H,3-8,12,18H2,1-2H3. The van der Waals surface area contributed by atoms with E-state index in [4.69, 9.17) is 10.6 Å². The molecule has 1 fully saturated rings. The minimum Gasteiger partial charge on any atom is -0.496 e. The third kappa shape index (κ3) is 3.97. The molecule has 1 aliphatic rings. The first-order valence-corrected chi connectivity index (χ1v) is 7.84. The number of aryl methyl sites for hydroxylation is 1. The van der Waals surface area contributed by atoms with Crippen LogP contribution in [-0.2, 0) is 6.42 Å². The van der Waals surface area contributed by atoms with Gasteiger partial charge in [-0.1, -0.05) is 43.4 Å². The summed E-state index contributed by atoms with van der Waals surface area (Å²) in [6.45, 7) is 2.12. The number of ether oxygens (including phenoxy) is 1. The van der Waals surface area contributed by atoms with E-state index >= 15 is 0 Å². The van der Waals surface area contributed by atoms with E-state index in [0.29, 0.717) is 12.0 Å². The summed E-state index contributed by atoms with van der Waals surface area (Å²) in [5.41, 5.74) is 5.60. The Hall–Kier alpha value is -1.06. The first-order valence-electron chi connectivity index (χ1n) is 7.84. The van der Waals surface area contributed by atoms with Crippen LogP contribution >= 0.6 is 0 Å². The van der Waals surface area contributed by atoms with Crippen LogP contribution < -0.4 is 16.0 Å². The van der Waals surface area contributed by atoms with Crippen molar-refractivity contribution in [2.24, 2.45) is 11.8 Å². The Morgan fingerprint density at radius 1 is 1.25 bits per heavy atom. The summed E-state index contributed by atoms with van der Waals surface area (Å²) >= 11 is 0. The van der Waals surface area contributed by atoms with E-state index in [1.807, 2.05) is 0 Å². The predicted octanol–water partition coefficient (Wildman–Crippen LogP) is 3.35. The molecular weight excluding hydrogens is 248 g/mol. The van der Waals surface area contributed by atoms with Crippen molar-refractivity contribution in [2.75, 3.05) is 7.11 Å². The van der Waals surface area contributed by atoms with Gasteiger partial charge in [0.1, 0.15) is 5.75 Å². The fourth-order valence-electron chi connectivity index (χ4n) is 3.38. The molecule has 2 rings (SSSR count). The van der Waals surface area contributed by atoms with Crippen molar-refractivity contribution in [2.45, 2.75) is 57.9 Å². The molecule has 1 saturated carbocycles. The number of hydrogen-bond acceptors (Lipinski definition) is 3. The Balaban J connectivity index is 2.10. The fourth-order valence-corrected chi connectivity index (χ4v) is 3.38. The Labute approximate surface area is 122 Å². The Kier molecular flexibility index (Phi) is 5.86. The van der Waals surface area contributed by atoms with Crippen LogP contribution in [-0.4, -0.2) is 13.2 Å². The highest BCUT2D eigenvalue weighted by atomic mass is 16.5. The van der Waals surface area contributed by atoms with Crippen LogP contribution in [0.4, 0.5) is 0 Å². The maximum atomic E-state index is 5.84. The highest BCUT2D eigenvalue weighted by Crippen LogP contribution is 2.29. The van der Waals surface area contributed by atoms with Gasteiger partial charge in [0.2, 0.25) is 0 Å². The molecule has 0 saturated heterocycles. The van der Waals surface area contributed by atoms with E-state index in [1.54, 1.807) is 7.11 Å². The molecule has 1 aromatic carbocycles. The molecule has 1 unspecified atom stereocenters. The number of nitrogens with one attached hydrogen (secondary N) is 1. The van der Waals surface area contributed by atoms with Crippen molar-refractivity contribution in [1.82, 2.24) is 5.43 Å². The van der Waals surface area contributed by atoms with Gasteiger partial charge in [-0.3, -0.25) is 11.3 Å². The average molecular weight is 276 g/mol. The molecule has 0 spiro atoms. The Bertz CT molecular complexity index is 411. The molecule has 112 valence electrons. The number of rotatable bonds is 5. The van der Waals surface area contributed by atoms with Gasteiger partial charge in [0.05, 0.1) is 7.11 Å². The Morgan fingerprint density at radius 3 is 2.55 bits per heavy atom. The van der Waals surface area contributed by atoms with Crippen LogP contribution in [0.5, 0.6) is 5.75 Å². The predicted molar refractivity (Wildman–Crippen MR) is 83.7 cm³/mol. The lowest BCUT2D eigenvalue weighted by molar-refractivity contribution is 0.316. The summed E-state index contributed by atoms with van der Waals surface area (Å²) in [5.74, 6) is 7.51. The fraction of sp³-hybridized carbons (Fsp3) is 0.647. The van der Waals surface area contributed by atoms with Gasteiger partial charge in [0.15, 0.2) is 0 Å². The van der Waals surface area contributed by atoms with E-state index in [0.717, 1.165) is 12.2 Å². The molecule has 3 heteroatoms. The molecule has 20 heavy (non-hydrogen) atoms. The minimum atomic E-state index is 0.351. The number of nitrogens with two attached hydrogens (primary N) is 1. The van der Waals surface area contributed by atoms with Crippen LogP contribution in [0.25, 0.3) is 0 Å². The third-order valence-electron chi connectivity index (χ3n) is 4.56. The lowest BCUT2D eigenvalue weighted by atomic mass is 9.87. The van der Waals surface area contributed by atoms with Crippen molar-refractivity contribution in [3.05, 3.63) is 29.3 Å². The summed E-state index contributed by atoms with van der Waals surface area (Å²) in [4.78, 5) is 0. The second-order valence-electron chi connectivity index (χ2n) is 6.04. The highest BCUT2D eigenvalue weighted by molar-refractivity contribution is 5.37. The van der Waals surface area contributed by atoms with Gasteiger partial charge in [0.25, 0.3) is 0 Å². The first-order chi connectivity index (χ1) is 9.74. The van der Waals surface area contributed by atoms with Crippen molar-refractivity contribution in [3.63, 3.8) is 0 Å². The van der Waals surface area contributed by atoms with Gasteiger partial charge in [-0.25, -0.2) is 0 Å². The molecule has 1 aliphatic carbocycles. The summed E-state index contributed by atoms with van der Waals surface area (Å²) < 4.78 is 5.49. The zero-order valence-corrected chi connectivity index (χ0v) is 12.8. The highest BCUT2D eigenvalue weighted by Gasteiger charge is 2.23. The molecule has 0 aliphatic heterocycles. The SMILES string of the molecule is COc1ccc(C)cc1CC(NN)C1CCCCCC1. The van der Waals surface area contributed by atoms with Gasteiger partial charge in [-0.05, 0) is 43.7 Å². The minimum absolute atomic E-state index is 0.351. The van der Waals surface area contributed by atoms with Crippen LogP contribution in [0.1, 0.15) is 49.7 Å². The molecule has 1 atom stereocenters. The van der Waals surface area contributed by atoms with Crippen molar-refractivity contribution < 1.29 is 4.74 Å². The summed E-state index contributed by atoms with van der Waals surface area (Å²) in [6.07, 6.45) is 8.97. The second-order valence-corrected chi connectivity index (χ2v) is 6.04. The Morgan fingerprint density at radius 2 is 1.95 bits per heavy atom. The molecular formula is C17H28N2O. The molecule has 0 bridgehead atoms. The average Bonchev–Trinajstić information content (AvgIpc) is 2.74. The molecule has 0 amide bonds. The zero-order valence-electron chi connectivity index (χ0n) is 12.8. The number of benzene rings is 1. The summed E-state index contributed by atoms with van der Waals surface area (Å²) in [7, 11) is 1.74. The maximum Gasteiger partial charge on any atom is 0.122 e. The van der Waals surface area contributed by atoms with Gasteiger partial charge in [-0.2, -0.15) is 0 Å². The van der Waals surface area contributed by atoms with Crippen LogP contribution in [0, 0.1) is 12.8 Å². The summed E-state index contributed by atoms with van der Waals surface area (Å²) in [5, 5.41) is 0. The number of hydrogen-bond donors (Lipinski definition) is 2. The van der Waals surface area contributed by atoms with Crippen molar-refractivity contribution in [3.8, 4) is 5.75 Å². The van der Waals surface area contributed by atoms with Gasteiger partial charge < -0.3 is 4.74 Å². The third-order valence-corrected chi connectivity index (χ3v) is 4.56.